The van der Waals surface area contributed by atoms with E-state index in [0.717, 1.165) is 21.3 Å². The molecule has 176 valence electrons. The van der Waals surface area contributed by atoms with Crippen molar-refractivity contribution in [3.05, 3.63) is 69.3 Å². The number of carbonyl (C=O) groups excluding carboxylic acids is 1. The molecular formula is C22H15ClN6O4S2. The standard InChI is InChI=1S/C22H15ClN6O4S2/c1-33-17-8-14(29(31)32)6-7-16(17)25-18(30)10-35-22-27-26-20-19-15(12-2-4-13(23)5-3-12)9-34-21(19)24-11-28(20)22/h2-9,11H,10H2,1H3,(H,25,30). The highest BCUT2D eigenvalue weighted by molar-refractivity contribution is 7.99. The summed E-state index contributed by atoms with van der Waals surface area (Å²) in [5.41, 5.74) is 2.82. The van der Waals surface area contributed by atoms with Crippen LogP contribution in [0.15, 0.2) is 59.3 Å². The van der Waals surface area contributed by atoms with E-state index in [9.17, 15) is 14.9 Å². The van der Waals surface area contributed by atoms with E-state index in [0.29, 0.717) is 21.5 Å². The summed E-state index contributed by atoms with van der Waals surface area (Å²) in [7, 11) is 1.38. The Hall–Kier alpha value is -3.74. The van der Waals surface area contributed by atoms with Crippen LogP contribution in [0.4, 0.5) is 11.4 Å². The first-order valence-electron chi connectivity index (χ1n) is 10.1. The van der Waals surface area contributed by atoms with Crippen LogP contribution in [0.25, 0.3) is 27.0 Å². The number of thiophene rings is 1. The number of hydrogen-bond donors (Lipinski definition) is 1. The van der Waals surface area contributed by atoms with Crippen LogP contribution >= 0.6 is 34.7 Å². The fraction of sp³-hybridized carbons (Fsp3) is 0.0909. The maximum Gasteiger partial charge on any atom is 0.273 e. The van der Waals surface area contributed by atoms with Crippen molar-refractivity contribution in [2.45, 2.75) is 5.16 Å². The minimum Gasteiger partial charge on any atom is -0.494 e. The zero-order valence-corrected chi connectivity index (χ0v) is 20.4. The number of nitrogens with zero attached hydrogens (tertiary/aromatic N) is 5. The zero-order valence-electron chi connectivity index (χ0n) is 18.0. The summed E-state index contributed by atoms with van der Waals surface area (Å²) in [6.45, 7) is 0. The third-order valence-corrected chi connectivity index (χ3v) is 7.19. The number of halogens is 1. The molecule has 0 fully saturated rings. The number of rotatable bonds is 7. The van der Waals surface area contributed by atoms with Gasteiger partial charge in [0.2, 0.25) is 5.91 Å². The van der Waals surface area contributed by atoms with Crippen molar-refractivity contribution in [1.29, 1.82) is 0 Å². The molecule has 2 aromatic carbocycles. The highest BCUT2D eigenvalue weighted by Gasteiger charge is 2.18. The predicted molar refractivity (Wildman–Crippen MR) is 136 cm³/mol. The van der Waals surface area contributed by atoms with Gasteiger partial charge in [-0.2, -0.15) is 0 Å². The molecule has 1 N–H and O–H groups in total. The van der Waals surface area contributed by atoms with E-state index in [1.807, 2.05) is 29.6 Å². The zero-order chi connectivity index (χ0) is 24.5. The van der Waals surface area contributed by atoms with Crippen LogP contribution in [-0.4, -0.2) is 43.3 Å². The molecule has 13 heteroatoms. The Morgan fingerprint density at radius 2 is 2.06 bits per heavy atom. The number of fused-ring (bicyclic) bond motifs is 3. The Bertz CT molecular complexity index is 1580. The lowest BCUT2D eigenvalue weighted by Gasteiger charge is -2.09. The average Bonchev–Trinajstić information content (AvgIpc) is 3.47. The van der Waals surface area contributed by atoms with Gasteiger partial charge >= 0.3 is 0 Å². The number of thioether (sulfide) groups is 1. The van der Waals surface area contributed by atoms with Gasteiger partial charge in [0.05, 0.1) is 34.9 Å². The largest absolute Gasteiger partial charge is 0.494 e. The monoisotopic (exact) mass is 526 g/mol. The van der Waals surface area contributed by atoms with Crippen molar-refractivity contribution in [2.24, 2.45) is 0 Å². The number of aromatic nitrogens is 4. The number of benzene rings is 2. The fourth-order valence-corrected chi connectivity index (χ4v) is 5.21. The Balaban J connectivity index is 1.37. The summed E-state index contributed by atoms with van der Waals surface area (Å²) in [6, 6.07) is 11.5. The van der Waals surface area contributed by atoms with E-state index in [1.165, 1.54) is 48.4 Å². The topological polar surface area (TPSA) is 125 Å². The molecule has 0 aliphatic rings. The van der Waals surface area contributed by atoms with Gasteiger partial charge in [0.15, 0.2) is 10.8 Å². The van der Waals surface area contributed by atoms with Crippen molar-refractivity contribution in [3.8, 4) is 16.9 Å². The van der Waals surface area contributed by atoms with Crippen LogP contribution in [0.2, 0.25) is 5.02 Å². The van der Waals surface area contributed by atoms with Crippen molar-refractivity contribution in [3.63, 3.8) is 0 Å². The van der Waals surface area contributed by atoms with Crippen LogP contribution in [0, 0.1) is 10.1 Å². The smallest absolute Gasteiger partial charge is 0.273 e. The van der Waals surface area contributed by atoms with Gasteiger partial charge in [-0.3, -0.25) is 19.3 Å². The Kier molecular flexibility index (Phi) is 6.24. The Labute approximate surface area is 211 Å². The number of nitro groups is 1. The number of nitrogens with one attached hydrogen (secondary N) is 1. The molecule has 5 rings (SSSR count). The number of methoxy groups -OCH3 is 1. The van der Waals surface area contributed by atoms with Gasteiger partial charge < -0.3 is 10.1 Å². The highest BCUT2D eigenvalue weighted by Crippen LogP contribution is 2.36. The van der Waals surface area contributed by atoms with E-state index in [-0.39, 0.29) is 23.1 Å². The summed E-state index contributed by atoms with van der Waals surface area (Å²) in [5, 5.41) is 26.3. The number of hydrogen-bond acceptors (Lipinski definition) is 9. The van der Waals surface area contributed by atoms with Gasteiger partial charge in [0, 0.05) is 22.0 Å². The number of anilines is 1. The first-order valence-corrected chi connectivity index (χ1v) is 12.3. The predicted octanol–water partition coefficient (Wildman–Crippen LogP) is 5.31. The second kappa shape index (κ2) is 9.49. The molecule has 5 aromatic rings. The van der Waals surface area contributed by atoms with Gasteiger partial charge in [-0.15, -0.1) is 21.5 Å². The van der Waals surface area contributed by atoms with Crippen LogP contribution in [0.3, 0.4) is 0 Å². The second-order valence-corrected chi connectivity index (χ2v) is 9.47. The molecule has 0 atom stereocenters. The van der Waals surface area contributed by atoms with Crippen molar-refractivity contribution in [2.75, 3.05) is 18.2 Å². The average molecular weight is 527 g/mol. The summed E-state index contributed by atoms with van der Waals surface area (Å²) >= 11 is 8.74. The molecule has 0 radical (unpaired) electrons. The van der Waals surface area contributed by atoms with Crippen LogP contribution in [0.5, 0.6) is 5.75 Å². The van der Waals surface area contributed by atoms with Crippen LogP contribution in [0.1, 0.15) is 0 Å². The molecule has 3 aromatic heterocycles. The maximum absolute atomic E-state index is 12.6. The molecule has 0 aliphatic carbocycles. The molecule has 0 aliphatic heterocycles. The molecule has 0 spiro atoms. The molecule has 0 saturated heterocycles. The number of nitro benzene ring substituents is 1. The van der Waals surface area contributed by atoms with Gasteiger partial charge in [-0.25, -0.2) is 4.98 Å². The molecular weight excluding hydrogens is 512 g/mol. The highest BCUT2D eigenvalue weighted by atomic mass is 35.5. The van der Waals surface area contributed by atoms with E-state index < -0.39 is 4.92 Å². The van der Waals surface area contributed by atoms with Crippen LogP contribution in [-0.2, 0) is 4.79 Å². The quantitative estimate of drug-likeness (QED) is 0.172. The number of ether oxygens (including phenoxy) is 1. The summed E-state index contributed by atoms with van der Waals surface area (Å²) < 4.78 is 6.91. The van der Waals surface area contributed by atoms with Gasteiger partial charge in [-0.1, -0.05) is 35.5 Å². The van der Waals surface area contributed by atoms with Crippen molar-refractivity contribution < 1.29 is 14.5 Å². The molecule has 0 unspecified atom stereocenters. The van der Waals surface area contributed by atoms with Gasteiger partial charge in [0.1, 0.15) is 16.9 Å². The second-order valence-electron chi connectivity index (χ2n) is 7.24. The van der Waals surface area contributed by atoms with E-state index in [2.05, 4.69) is 20.5 Å². The molecule has 0 saturated carbocycles. The number of non-ortho nitro benzene ring substituents is 1. The molecule has 3 heterocycles. The molecule has 10 nitrogen and oxygen atoms in total. The third-order valence-electron chi connectivity index (χ3n) is 5.11. The Morgan fingerprint density at radius 1 is 1.26 bits per heavy atom. The third kappa shape index (κ3) is 4.50. The minimum absolute atomic E-state index is 0.0344. The lowest BCUT2D eigenvalue weighted by molar-refractivity contribution is -0.384. The lowest BCUT2D eigenvalue weighted by atomic mass is 10.1. The Morgan fingerprint density at radius 3 is 2.80 bits per heavy atom. The fourth-order valence-electron chi connectivity index (χ4n) is 3.47. The van der Waals surface area contributed by atoms with E-state index >= 15 is 0 Å². The maximum atomic E-state index is 12.6. The van der Waals surface area contributed by atoms with E-state index in [1.54, 1.807) is 10.7 Å². The molecule has 0 bridgehead atoms. The lowest BCUT2D eigenvalue weighted by Crippen LogP contribution is -2.15. The van der Waals surface area contributed by atoms with Gasteiger partial charge in [-0.05, 0) is 23.8 Å². The van der Waals surface area contributed by atoms with Crippen LogP contribution < -0.4 is 10.1 Å². The minimum atomic E-state index is -0.531. The summed E-state index contributed by atoms with van der Waals surface area (Å²) in [5.74, 6) is -0.0956. The number of carbonyl (C=O) groups is 1. The van der Waals surface area contributed by atoms with Gasteiger partial charge in [0.25, 0.3) is 5.69 Å². The first-order chi connectivity index (χ1) is 16.9. The SMILES string of the molecule is COc1cc([N+](=O)[O-])ccc1NC(=O)CSc1nnc2c3c(-c4ccc(Cl)cc4)csc3ncn12. The first kappa shape index (κ1) is 23.0. The summed E-state index contributed by atoms with van der Waals surface area (Å²) in [4.78, 5) is 28.4. The van der Waals surface area contributed by atoms with Crippen molar-refractivity contribution >= 4 is 67.8 Å². The summed E-state index contributed by atoms with van der Waals surface area (Å²) in [6.07, 6.45) is 1.64. The van der Waals surface area contributed by atoms with E-state index in [4.69, 9.17) is 16.3 Å². The number of amides is 1. The van der Waals surface area contributed by atoms with Crippen molar-refractivity contribution in [1.82, 2.24) is 19.6 Å². The molecule has 35 heavy (non-hydrogen) atoms. The molecule has 1 amide bonds. The normalized spacial score (nSPS) is 11.1.